The number of sulfonamides is 1. The van der Waals surface area contributed by atoms with Crippen LogP contribution in [0.15, 0.2) is 53.4 Å². The highest BCUT2D eigenvalue weighted by Gasteiger charge is 2.16. The third-order valence-corrected chi connectivity index (χ3v) is 4.88. The highest BCUT2D eigenvalue weighted by molar-refractivity contribution is 7.92. The summed E-state index contributed by atoms with van der Waals surface area (Å²) < 4.78 is 27.1. The van der Waals surface area contributed by atoms with E-state index in [-0.39, 0.29) is 17.1 Å². The number of nitrogens with one attached hydrogen (secondary N) is 2. The first kappa shape index (κ1) is 17.5. The van der Waals surface area contributed by atoms with Gasteiger partial charge in [0.25, 0.3) is 15.7 Å². The Balaban J connectivity index is 1.78. The molecule has 0 aliphatic heterocycles. The monoisotopic (exact) mass is 374 g/mol. The molecule has 3 aromatic rings. The number of nitro groups is 1. The molecule has 134 valence electrons. The van der Waals surface area contributed by atoms with Crippen LogP contribution in [0.5, 0.6) is 0 Å². The van der Waals surface area contributed by atoms with Gasteiger partial charge in [-0.25, -0.2) is 13.4 Å². The SMILES string of the molecule is NCc1nc(-c2ccc(NS(=O)(=O)c3ccc([N+](=O)[O-])cc3)cc2)n[nH]1. The predicted octanol–water partition coefficient (Wildman–Crippen LogP) is 1.64. The fraction of sp³-hybridized carbons (Fsp3) is 0.0667. The molecule has 3 rings (SSSR count). The van der Waals surface area contributed by atoms with Crippen LogP contribution in [0.4, 0.5) is 11.4 Å². The molecule has 10 nitrogen and oxygen atoms in total. The van der Waals surface area contributed by atoms with Gasteiger partial charge in [-0.05, 0) is 36.4 Å². The molecule has 1 aromatic heterocycles. The van der Waals surface area contributed by atoms with Crippen molar-refractivity contribution in [3.8, 4) is 11.4 Å². The zero-order valence-electron chi connectivity index (χ0n) is 13.3. The second-order valence-corrected chi connectivity index (χ2v) is 6.93. The summed E-state index contributed by atoms with van der Waals surface area (Å²) in [6.45, 7) is 0.236. The molecular weight excluding hydrogens is 360 g/mol. The van der Waals surface area contributed by atoms with Gasteiger partial charge in [0.1, 0.15) is 5.82 Å². The molecule has 11 heteroatoms. The van der Waals surface area contributed by atoms with Crippen molar-refractivity contribution >= 4 is 21.4 Å². The zero-order chi connectivity index (χ0) is 18.7. The second kappa shape index (κ2) is 6.90. The molecule has 0 atom stereocenters. The number of benzene rings is 2. The van der Waals surface area contributed by atoms with Crippen LogP contribution in [-0.4, -0.2) is 28.5 Å². The summed E-state index contributed by atoms with van der Waals surface area (Å²) in [5.74, 6) is 0.998. The molecule has 26 heavy (non-hydrogen) atoms. The van der Waals surface area contributed by atoms with Crippen molar-refractivity contribution in [1.82, 2.24) is 15.2 Å². The number of hydrogen-bond donors (Lipinski definition) is 3. The van der Waals surface area contributed by atoms with Crippen molar-refractivity contribution in [2.75, 3.05) is 4.72 Å². The number of nitrogens with two attached hydrogens (primary N) is 1. The summed E-state index contributed by atoms with van der Waals surface area (Å²) in [5.41, 5.74) is 6.31. The number of H-pyrrole nitrogens is 1. The van der Waals surface area contributed by atoms with Gasteiger partial charge in [-0.2, -0.15) is 5.10 Å². The van der Waals surface area contributed by atoms with Gasteiger partial charge in [0.15, 0.2) is 5.82 Å². The number of non-ortho nitro benzene ring substituents is 1. The fourth-order valence-electron chi connectivity index (χ4n) is 2.16. The Hall–Kier alpha value is -3.31. The van der Waals surface area contributed by atoms with Crippen molar-refractivity contribution in [3.05, 3.63) is 64.5 Å². The molecule has 0 saturated heterocycles. The first-order chi connectivity index (χ1) is 12.4. The molecular formula is C15H14N6O4S. The lowest BCUT2D eigenvalue weighted by molar-refractivity contribution is -0.384. The minimum absolute atomic E-state index is 0.0752. The maximum absolute atomic E-state index is 12.4. The Kier molecular flexibility index (Phi) is 4.65. The van der Waals surface area contributed by atoms with Gasteiger partial charge >= 0.3 is 0 Å². The normalized spacial score (nSPS) is 11.3. The van der Waals surface area contributed by atoms with E-state index in [4.69, 9.17) is 5.73 Å². The topological polar surface area (TPSA) is 157 Å². The first-order valence-electron chi connectivity index (χ1n) is 7.38. The lowest BCUT2D eigenvalue weighted by atomic mass is 10.2. The maximum atomic E-state index is 12.4. The maximum Gasteiger partial charge on any atom is 0.269 e. The van der Waals surface area contributed by atoms with Crippen LogP contribution >= 0.6 is 0 Å². The number of aromatic nitrogens is 3. The Bertz CT molecular complexity index is 1030. The quantitative estimate of drug-likeness (QED) is 0.437. The smallest absolute Gasteiger partial charge is 0.269 e. The highest BCUT2D eigenvalue weighted by atomic mass is 32.2. The van der Waals surface area contributed by atoms with Crippen LogP contribution in [-0.2, 0) is 16.6 Å². The molecule has 0 aliphatic rings. The van der Waals surface area contributed by atoms with Crippen LogP contribution < -0.4 is 10.5 Å². The standard InChI is InChI=1S/C15H14N6O4S/c16-9-14-17-15(19-18-14)10-1-3-11(4-2-10)20-26(24,25)13-7-5-12(6-8-13)21(22)23/h1-8,20H,9,16H2,(H,17,18,19). The minimum atomic E-state index is -3.86. The molecule has 0 spiro atoms. The second-order valence-electron chi connectivity index (χ2n) is 5.24. The third-order valence-electron chi connectivity index (χ3n) is 3.48. The molecule has 0 unspecified atom stereocenters. The molecule has 4 N–H and O–H groups in total. The average molecular weight is 374 g/mol. The van der Waals surface area contributed by atoms with E-state index in [0.717, 1.165) is 12.1 Å². The summed E-state index contributed by atoms with van der Waals surface area (Å²) in [4.78, 5) is 14.2. The van der Waals surface area contributed by atoms with Gasteiger partial charge < -0.3 is 5.73 Å². The third kappa shape index (κ3) is 3.68. The first-order valence-corrected chi connectivity index (χ1v) is 8.86. The van der Waals surface area contributed by atoms with Crippen LogP contribution in [0.3, 0.4) is 0 Å². The number of anilines is 1. The van der Waals surface area contributed by atoms with E-state index in [9.17, 15) is 18.5 Å². The largest absolute Gasteiger partial charge is 0.324 e. The summed E-state index contributed by atoms with van der Waals surface area (Å²) in [7, 11) is -3.86. The van der Waals surface area contributed by atoms with E-state index < -0.39 is 14.9 Å². The number of rotatable bonds is 6. The molecule has 0 fully saturated rings. The molecule has 0 aliphatic carbocycles. The van der Waals surface area contributed by atoms with Crippen molar-refractivity contribution in [2.45, 2.75) is 11.4 Å². The van der Waals surface area contributed by atoms with Crippen molar-refractivity contribution in [2.24, 2.45) is 5.73 Å². The lowest BCUT2D eigenvalue weighted by Crippen LogP contribution is -2.12. The number of nitro benzene ring substituents is 1. The van der Waals surface area contributed by atoms with Gasteiger partial charge in [0.2, 0.25) is 0 Å². The van der Waals surface area contributed by atoms with Crippen LogP contribution in [0.25, 0.3) is 11.4 Å². The fourth-order valence-corrected chi connectivity index (χ4v) is 3.22. The van der Waals surface area contributed by atoms with E-state index in [1.807, 2.05) is 0 Å². The number of aromatic amines is 1. The lowest BCUT2D eigenvalue weighted by Gasteiger charge is -2.08. The van der Waals surface area contributed by atoms with E-state index >= 15 is 0 Å². The van der Waals surface area contributed by atoms with E-state index in [2.05, 4.69) is 19.9 Å². The number of nitrogens with zero attached hydrogens (tertiary/aromatic N) is 3. The number of hydrogen-bond acceptors (Lipinski definition) is 7. The van der Waals surface area contributed by atoms with Crippen LogP contribution in [0, 0.1) is 10.1 Å². The Morgan fingerprint density at radius 1 is 1.12 bits per heavy atom. The van der Waals surface area contributed by atoms with E-state index in [1.165, 1.54) is 12.1 Å². The minimum Gasteiger partial charge on any atom is -0.324 e. The van der Waals surface area contributed by atoms with E-state index in [0.29, 0.717) is 22.9 Å². The van der Waals surface area contributed by atoms with Crippen LogP contribution in [0.2, 0.25) is 0 Å². The average Bonchev–Trinajstić information content (AvgIpc) is 3.11. The molecule has 0 radical (unpaired) electrons. The molecule has 0 bridgehead atoms. The van der Waals surface area contributed by atoms with Gasteiger partial charge in [0.05, 0.1) is 16.4 Å². The summed E-state index contributed by atoms with van der Waals surface area (Å²) >= 11 is 0. The van der Waals surface area contributed by atoms with Crippen molar-refractivity contribution in [3.63, 3.8) is 0 Å². The van der Waals surface area contributed by atoms with Gasteiger partial charge in [0, 0.05) is 23.4 Å². The molecule has 0 saturated carbocycles. The summed E-state index contributed by atoms with van der Waals surface area (Å²) in [6, 6.07) is 11.1. The Labute approximate surface area is 148 Å². The van der Waals surface area contributed by atoms with Gasteiger partial charge in [-0.3, -0.25) is 19.9 Å². The van der Waals surface area contributed by atoms with E-state index in [1.54, 1.807) is 24.3 Å². The Morgan fingerprint density at radius 3 is 2.31 bits per heavy atom. The zero-order valence-corrected chi connectivity index (χ0v) is 14.1. The highest BCUT2D eigenvalue weighted by Crippen LogP contribution is 2.22. The molecule has 0 amide bonds. The summed E-state index contributed by atoms with van der Waals surface area (Å²) in [6.07, 6.45) is 0. The Morgan fingerprint density at radius 2 is 1.77 bits per heavy atom. The van der Waals surface area contributed by atoms with Gasteiger partial charge in [-0.15, -0.1) is 0 Å². The predicted molar refractivity (Wildman–Crippen MR) is 93.6 cm³/mol. The molecule has 2 aromatic carbocycles. The van der Waals surface area contributed by atoms with Crippen LogP contribution in [0.1, 0.15) is 5.82 Å². The molecule has 1 heterocycles. The van der Waals surface area contributed by atoms with Gasteiger partial charge in [-0.1, -0.05) is 0 Å². The van der Waals surface area contributed by atoms with Crippen molar-refractivity contribution in [1.29, 1.82) is 0 Å². The van der Waals surface area contributed by atoms with Crippen molar-refractivity contribution < 1.29 is 13.3 Å². The summed E-state index contributed by atoms with van der Waals surface area (Å²) in [5, 5.41) is 17.4.